The van der Waals surface area contributed by atoms with Gasteiger partial charge in [0.2, 0.25) is 0 Å². The summed E-state index contributed by atoms with van der Waals surface area (Å²) in [5.41, 5.74) is 1.21. The van der Waals surface area contributed by atoms with Gasteiger partial charge in [-0.15, -0.1) is 5.10 Å². The van der Waals surface area contributed by atoms with Crippen LogP contribution in [0.2, 0.25) is 5.02 Å². The summed E-state index contributed by atoms with van der Waals surface area (Å²) >= 11 is 5.94. The van der Waals surface area contributed by atoms with Crippen LogP contribution >= 0.6 is 11.6 Å². The van der Waals surface area contributed by atoms with Crippen molar-refractivity contribution in [1.82, 2.24) is 35.2 Å². The molecule has 2 aromatic heterocycles. The Labute approximate surface area is 160 Å². The van der Waals surface area contributed by atoms with Gasteiger partial charge in [-0.25, -0.2) is 0 Å². The van der Waals surface area contributed by atoms with Gasteiger partial charge in [-0.2, -0.15) is 4.68 Å². The number of carbonyl (C=O) groups excluding carboxylic acids is 1. The Morgan fingerprint density at radius 2 is 1.93 bits per heavy atom. The van der Waals surface area contributed by atoms with E-state index in [2.05, 4.69) is 25.6 Å². The fourth-order valence-corrected chi connectivity index (χ4v) is 3.15. The highest BCUT2D eigenvalue weighted by atomic mass is 35.5. The number of amides is 1. The molecule has 3 aromatic rings. The predicted octanol–water partition coefficient (Wildman–Crippen LogP) is 1.57. The second-order valence-corrected chi connectivity index (χ2v) is 6.81. The summed E-state index contributed by atoms with van der Waals surface area (Å²) in [7, 11) is 0. The van der Waals surface area contributed by atoms with Gasteiger partial charge in [-0.1, -0.05) is 16.8 Å². The highest BCUT2D eigenvalue weighted by molar-refractivity contribution is 6.30. The lowest BCUT2D eigenvalue weighted by molar-refractivity contribution is 0.0614. The Hall–Kier alpha value is -2.78. The number of halogens is 1. The van der Waals surface area contributed by atoms with Gasteiger partial charge in [0.15, 0.2) is 11.5 Å². The number of piperazine rings is 1. The Kier molecular flexibility index (Phi) is 4.87. The summed E-state index contributed by atoms with van der Waals surface area (Å²) in [4.78, 5) is 16.4. The maximum atomic E-state index is 12.4. The Bertz CT molecular complexity index is 929. The molecule has 0 saturated carbocycles. The second kappa shape index (κ2) is 7.45. The summed E-state index contributed by atoms with van der Waals surface area (Å²) < 4.78 is 6.69. The molecule has 0 N–H and O–H groups in total. The van der Waals surface area contributed by atoms with Crippen LogP contribution in [0.1, 0.15) is 22.1 Å². The van der Waals surface area contributed by atoms with Crippen molar-refractivity contribution in [3.8, 4) is 5.69 Å². The molecule has 27 heavy (non-hydrogen) atoms. The standard InChI is InChI=1S/C17H18ClN7O2/c1-12-10-15(20-27-12)17(26)24-8-6-23(7-9-24)11-16-19-21-22-25(16)14-4-2-13(18)3-5-14/h2-5,10H,6-9,11H2,1H3. The SMILES string of the molecule is Cc1cc(C(=O)N2CCN(Cc3nnnn3-c3ccc(Cl)cc3)CC2)no1. The Morgan fingerprint density at radius 3 is 2.59 bits per heavy atom. The van der Waals surface area contributed by atoms with E-state index < -0.39 is 0 Å². The molecule has 0 bridgehead atoms. The highest BCUT2D eigenvalue weighted by Crippen LogP contribution is 2.15. The zero-order valence-electron chi connectivity index (χ0n) is 14.7. The first kappa shape index (κ1) is 17.6. The molecule has 1 amide bonds. The molecule has 0 radical (unpaired) electrons. The van der Waals surface area contributed by atoms with Gasteiger partial charge in [-0.05, 0) is 41.6 Å². The minimum absolute atomic E-state index is 0.0995. The fourth-order valence-electron chi connectivity index (χ4n) is 3.03. The lowest BCUT2D eigenvalue weighted by Gasteiger charge is -2.33. The van der Waals surface area contributed by atoms with Crippen molar-refractivity contribution in [2.45, 2.75) is 13.5 Å². The van der Waals surface area contributed by atoms with E-state index in [0.29, 0.717) is 36.1 Å². The molecule has 0 atom stereocenters. The van der Waals surface area contributed by atoms with E-state index >= 15 is 0 Å². The quantitative estimate of drug-likeness (QED) is 0.670. The molecule has 1 aliphatic heterocycles. The molecular weight excluding hydrogens is 370 g/mol. The van der Waals surface area contributed by atoms with Crippen LogP contribution in [0.5, 0.6) is 0 Å². The molecule has 0 unspecified atom stereocenters. The Morgan fingerprint density at radius 1 is 1.19 bits per heavy atom. The van der Waals surface area contributed by atoms with Crippen molar-refractivity contribution in [3.05, 3.63) is 52.6 Å². The van der Waals surface area contributed by atoms with Crippen LogP contribution < -0.4 is 0 Å². The maximum absolute atomic E-state index is 12.4. The minimum Gasteiger partial charge on any atom is -0.361 e. The third kappa shape index (κ3) is 3.83. The van der Waals surface area contributed by atoms with Crippen LogP contribution in [0.25, 0.3) is 5.69 Å². The molecule has 1 fully saturated rings. The topological polar surface area (TPSA) is 93.2 Å². The lowest BCUT2D eigenvalue weighted by Crippen LogP contribution is -2.48. The van der Waals surface area contributed by atoms with Crippen LogP contribution in [-0.2, 0) is 6.54 Å². The van der Waals surface area contributed by atoms with Gasteiger partial charge < -0.3 is 9.42 Å². The molecule has 1 saturated heterocycles. The van der Waals surface area contributed by atoms with Crippen LogP contribution in [0.15, 0.2) is 34.9 Å². The first-order valence-electron chi connectivity index (χ1n) is 8.58. The fraction of sp³-hybridized carbons (Fsp3) is 0.353. The van der Waals surface area contributed by atoms with E-state index in [4.69, 9.17) is 16.1 Å². The van der Waals surface area contributed by atoms with Crippen LogP contribution in [0, 0.1) is 6.92 Å². The van der Waals surface area contributed by atoms with Crippen molar-refractivity contribution < 1.29 is 9.32 Å². The van der Waals surface area contributed by atoms with Crippen molar-refractivity contribution in [2.75, 3.05) is 26.2 Å². The third-order valence-corrected chi connectivity index (χ3v) is 4.73. The van der Waals surface area contributed by atoms with E-state index in [1.165, 1.54) is 0 Å². The summed E-state index contributed by atoms with van der Waals surface area (Å²) in [6, 6.07) is 9.02. The van der Waals surface area contributed by atoms with E-state index in [1.807, 2.05) is 12.1 Å². The molecule has 0 aliphatic carbocycles. The van der Waals surface area contributed by atoms with Crippen LogP contribution in [0.4, 0.5) is 0 Å². The van der Waals surface area contributed by atoms with Crippen LogP contribution in [-0.4, -0.2) is 67.2 Å². The molecule has 10 heteroatoms. The van der Waals surface area contributed by atoms with E-state index in [1.54, 1.807) is 34.7 Å². The normalized spacial score (nSPS) is 15.3. The largest absolute Gasteiger partial charge is 0.361 e. The minimum atomic E-state index is -0.0995. The number of aromatic nitrogens is 5. The molecule has 1 aliphatic rings. The number of nitrogens with zero attached hydrogens (tertiary/aromatic N) is 7. The van der Waals surface area contributed by atoms with E-state index in [-0.39, 0.29) is 5.91 Å². The first-order chi connectivity index (χ1) is 13.1. The second-order valence-electron chi connectivity index (χ2n) is 6.37. The summed E-state index contributed by atoms with van der Waals surface area (Å²) in [5, 5.41) is 16.5. The number of hydrogen-bond acceptors (Lipinski definition) is 7. The van der Waals surface area contributed by atoms with Crippen molar-refractivity contribution in [1.29, 1.82) is 0 Å². The van der Waals surface area contributed by atoms with Crippen LogP contribution in [0.3, 0.4) is 0 Å². The first-order valence-corrected chi connectivity index (χ1v) is 8.96. The monoisotopic (exact) mass is 387 g/mol. The Balaban J connectivity index is 1.38. The van der Waals surface area contributed by atoms with Crippen molar-refractivity contribution in [3.63, 3.8) is 0 Å². The van der Waals surface area contributed by atoms with Gasteiger partial charge in [0.25, 0.3) is 5.91 Å². The average molecular weight is 388 g/mol. The number of carbonyl (C=O) groups is 1. The molecule has 3 heterocycles. The molecular formula is C17H18ClN7O2. The van der Waals surface area contributed by atoms with E-state index in [0.717, 1.165) is 24.6 Å². The molecule has 4 rings (SSSR count). The number of rotatable bonds is 4. The zero-order chi connectivity index (χ0) is 18.8. The van der Waals surface area contributed by atoms with Gasteiger partial charge >= 0.3 is 0 Å². The molecule has 0 spiro atoms. The van der Waals surface area contributed by atoms with E-state index in [9.17, 15) is 4.79 Å². The summed E-state index contributed by atoms with van der Waals surface area (Å²) in [6.45, 7) is 5.07. The van der Waals surface area contributed by atoms with Gasteiger partial charge in [0, 0.05) is 37.3 Å². The number of aryl methyl sites for hydroxylation is 1. The smallest absolute Gasteiger partial charge is 0.276 e. The molecule has 1 aromatic carbocycles. The van der Waals surface area contributed by atoms with Gasteiger partial charge in [-0.3, -0.25) is 9.69 Å². The zero-order valence-corrected chi connectivity index (χ0v) is 15.5. The summed E-state index contributed by atoms with van der Waals surface area (Å²) in [6.07, 6.45) is 0. The molecule has 9 nitrogen and oxygen atoms in total. The van der Waals surface area contributed by atoms with Crippen molar-refractivity contribution in [2.24, 2.45) is 0 Å². The maximum Gasteiger partial charge on any atom is 0.276 e. The number of tetrazole rings is 1. The highest BCUT2D eigenvalue weighted by Gasteiger charge is 2.25. The summed E-state index contributed by atoms with van der Waals surface area (Å²) in [5.74, 6) is 1.27. The predicted molar refractivity (Wildman–Crippen MR) is 96.6 cm³/mol. The third-order valence-electron chi connectivity index (χ3n) is 4.48. The van der Waals surface area contributed by atoms with Gasteiger partial charge in [0.05, 0.1) is 12.2 Å². The number of hydrogen-bond donors (Lipinski definition) is 0. The lowest BCUT2D eigenvalue weighted by atomic mass is 10.2. The van der Waals surface area contributed by atoms with Gasteiger partial charge in [0.1, 0.15) is 5.76 Å². The number of benzene rings is 1. The van der Waals surface area contributed by atoms with Crippen molar-refractivity contribution >= 4 is 17.5 Å². The molecule has 140 valence electrons. The average Bonchev–Trinajstić information content (AvgIpc) is 3.32.